The summed E-state index contributed by atoms with van der Waals surface area (Å²) in [5.74, 6) is 0.687. The molecular formula is C19H19N3O2S. The number of rotatable bonds is 4. The van der Waals surface area contributed by atoms with Gasteiger partial charge in [-0.15, -0.1) is 11.3 Å². The quantitative estimate of drug-likeness (QED) is 0.754. The molecule has 0 saturated heterocycles. The van der Waals surface area contributed by atoms with Crippen LogP contribution in [0.5, 0.6) is 0 Å². The zero-order valence-corrected chi connectivity index (χ0v) is 15.0. The summed E-state index contributed by atoms with van der Waals surface area (Å²) in [5, 5.41) is 6.32. The monoisotopic (exact) mass is 353 g/mol. The first-order chi connectivity index (χ1) is 12.2. The molecule has 1 N–H and O–H groups in total. The first-order valence-electron chi connectivity index (χ1n) is 8.49. The molecule has 6 heteroatoms. The Morgan fingerprint density at radius 2 is 2.20 bits per heavy atom. The van der Waals surface area contributed by atoms with Crippen molar-refractivity contribution in [2.75, 3.05) is 0 Å². The van der Waals surface area contributed by atoms with Crippen LogP contribution in [-0.2, 0) is 4.79 Å². The lowest BCUT2D eigenvalue weighted by Crippen LogP contribution is -2.40. The van der Waals surface area contributed by atoms with Crippen LogP contribution in [0.25, 0.3) is 21.9 Å². The molecule has 0 radical (unpaired) electrons. The maximum Gasteiger partial charge on any atom is 0.243 e. The Morgan fingerprint density at radius 3 is 2.96 bits per heavy atom. The normalized spacial score (nSPS) is 20.6. The molecule has 0 spiro atoms. The van der Waals surface area contributed by atoms with E-state index in [0.717, 1.165) is 40.1 Å². The smallest absolute Gasteiger partial charge is 0.243 e. The minimum atomic E-state index is -0.0374. The fourth-order valence-electron chi connectivity index (χ4n) is 3.33. The third-order valence-corrected chi connectivity index (χ3v) is 5.53. The molecule has 5 nitrogen and oxygen atoms in total. The van der Waals surface area contributed by atoms with Crippen LogP contribution < -0.4 is 5.43 Å². The number of hydrogen-bond acceptors (Lipinski definition) is 5. The second-order valence-electron chi connectivity index (χ2n) is 6.34. The van der Waals surface area contributed by atoms with Crippen LogP contribution in [0.2, 0.25) is 0 Å². The lowest BCUT2D eigenvalue weighted by Gasteiger charge is -2.27. The third kappa shape index (κ3) is 2.87. The van der Waals surface area contributed by atoms with Gasteiger partial charge in [-0.2, -0.15) is 5.10 Å². The molecule has 1 aliphatic rings. The Labute approximate surface area is 149 Å². The Hall–Kier alpha value is -2.47. The summed E-state index contributed by atoms with van der Waals surface area (Å²) in [6.45, 7) is 4.16. The van der Waals surface area contributed by atoms with Crippen LogP contribution in [0.3, 0.4) is 0 Å². The van der Waals surface area contributed by atoms with Crippen molar-refractivity contribution in [2.24, 2.45) is 16.9 Å². The highest BCUT2D eigenvalue weighted by atomic mass is 32.1. The van der Waals surface area contributed by atoms with Gasteiger partial charge in [0, 0.05) is 17.4 Å². The van der Waals surface area contributed by atoms with E-state index >= 15 is 0 Å². The van der Waals surface area contributed by atoms with Crippen molar-refractivity contribution in [2.45, 2.75) is 26.7 Å². The molecule has 1 aromatic carbocycles. The molecule has 3 aromatic rings. The molecule has 0 fully saturated rings. The van der Waals surface area contributed by atoms with Gasteiger partial charge in [0.2, 0.25) is 11.8 Å². The van der Waals surface area contributed by atoms with Crippen LogP contribution >= 0.6 is 11.3 Å². The van der Waals surface area contributed by atoms with E-state index in [1.165, 1.54) is 0 Å². The number of hydrogen-bond donors (Lipinski definition) is 1. The number of nitrogens with zero attached hydrogens (tertiary/aromatic N) is 2. The third-order valence-electron chi connectivity index (χ3n) is 4.67. The van der Waals surface area contributed by atoms with E-state index in [0.29, 0.717) is 5.89 Å². The number of carbonyl (C=O) groups excluding carboxylic acids is 1. The zero-order chi connectivity index (χ0) is 17.4. The molecular weight excluding hydrogens is 334 g/mol. The Balaban J connectivity index is 1.70. The molecule has 128 valence electrons. The number of oxazole rings is 1. The molecule has 0 saturated carbocycles. The lowest BCUT2D eigenvalue weighted by atomic mass is 9.82. The van der Waals surface area contributed by atoms with Crippen molar-refractivity contribution in [1.82, 2.24) is 10.4 Å². The maximum absolute atomic E-state index is 12.1. The number of fused-ring (bicyclic) bond motifs is 1. The summed E-state index contributed by atoms with van der Waals surface area (Å²) < 4.78 is 5.93. The lowest BCUT2D eigenvalue weighted by molar-refractivity contribution is -0.126. The van der Waals surface area contributed by atoms with Crippen LogP contribution in [0.4, 0.5) is 0 Å². The maximum atomic E-state index is 12.1. The van der Waals surface area contributed by atoms with Gasteiger partial charge in [-0.1, -0.05) is 32.4 Å². The molecule has 4 rings (SSSR count). The van der Waals surface area contributed by atoms with Crippen LogP contribution in [0.15, 0.2) is 45.2 Å². The summed E-state index contributed by atoms with van der Waals surface area (Å²) in [4.78, 5) is 17.6. The summed E-state index contributed by atoms with van der Waals surface area (Å²) >= 11 is 1.60. The van der Waals surface area contributed by atoms with Crippen molar-refractivity contribution < 1.29 is 9.21 Å². The van der Waals surface area contributed by atoms with E-state index in [-0.39, 0.29) is 17.7 Å². The predicted octanol–water partition coefficient (Wildman–Crippen LogP) is 4.44. The molecule has 2 aromatic heterocycles. The fraction of sp³-hybridized carbons (Fsp3) is 0.316. The summed E-state index contributed by atoms with van der Waals surface area (Å²) in [5.41, 5.74) is 6.10. The van der Waals surface area contributed by atoms with Crippen LogP contribution in [0, 0.1) is 11.8 Å². The van der Waals surface area contributed by atoms with Crippen molar-refractivity contribution in [1.29, 1.82) is 0 Å². The number of amides is 1. The largest absolute Gasteiger partial charge is 0.435 e. The Kier molecular flexibility index (Phi) is 4.13. The number of carbonyl (C=O) groups is 1. The van der Waals surface area contributed by atoms with E-state index in [1.54, 1.807) is 11.3 Å². The fourth-order valence-corrected chi connectivity index (χ4v) is 3.98. The molecule has 1 aliphatic heterocycles. The first-order valence-corrected chi connectivity index (χ1v) is 9.37. The number of thiophene rings is 1. The minimum absolute atomic E-state index is 0.0128. The van der Waals surface area contributed by atoms with Crippen LogP contribution in [0.1, 0.15) is 32.3 Å². The molecule has 2 atom stereocenters. The van der Waals surface area contributed by atoms with Gasteiger partial charge in [0.15, 0.2) is 5.58 Å². The molecule has 0 bridgehead atoms. The standard InChI is InChI=1S/C19H19N3O2S/c1-3-5-13-11(2)17(21-22-18(13)23)12-7-8-14-15(10-12)24-19(20-14)16-6-4-9-25-16/h4,6-11,13H,3,5H2,1-2H3,(H,22,23)/t11-,13-/m1/s1. The zero-order valence-electron chi connectivity index (χ0n) is 14.2. The summed E-state index contributed by atoms with van der Waals surface area (Å²) in [6.07, 6.45) is 1.83. The van der Waals surface area contributed by atoms with Gasteiger partial charge in [0.1, 0.15) is 5.52 Å². The van der Waals surface area contributed by atoms with Gasteiger partial charge >= 0.3 is 0 Å². The summed E-state index contributed by atoms with van der Waals surface area (Å²) in [7, 11) is 0. The van der Waals surface area contributed by atoms with Gasteiger partial charge in [0.05, 0.1) is 10.6 Å². The summed E-state index contributed by atoms with van der Waals surface area (Å²) in [6, 6.07) is 9.89. The van der Waals surface area contributed by atoms with Crippen molar-refractivity contribution in [3.63, 3.8) is 0 Å². The molecule has 3 heterocycles. The highest BCUT2D eigenvalue weighted by Crippen LogP contribution is 2.30. The van der Waals surface area contributed by atoms with E-state index in [4.69, 9.17) is 4.42 Å². The Morgan fingerprint density at radius 1 is 1.32 bits per heavy atom. The van der Waals surface area contributed by atoms with E-state index in [1.807, 2.05) is 35.7 Å². The molecule has 25 heavy (non-hydrogen) atoms. The number of benzene rings is 1. The number of aromatic nitrogens is 1. The highest BCUT2D eigenvalue weighted by Gasteiger charge is 2.32. The van der Waals surface area contributed by atoms with Gasteiger partial charge in [0.25, 0.3) is 0 Å². The highest BCUT2D eigenvalue weighted by molar-refractivity contribution is 7.13. The topological polar surface area (TPSA) is 67.5 Å². The van der Waals surface area contributed by atoms with E-state index < -0.39 is 0 Å². The van der Waals surface area contributed by atoms with Gasteiger partial charge in [-0.3, -0.25) is 4.79 Å². The van der Waals surface area contributed by atoms with E-state index in [2.05, 4.69) is 29.4 Å². The Bertz CT molecular complexity index is 943. The molecule has 0 aliphatic carbocycles. The van der Waals surface area contributed by atoms with Gasteiger partial charge in [-0.05, 0) is 30.0 Å². The second kappa shape index (κ2) is 6.44. The average molecular weight is 353 g/mol. The van der Waals surface area contributed by atoms with E-state index in [9.17, 15) is 4.79 Å². The molecule has 0 unspecified atom stereocenters. The number of nitrogens with one attached hydrogen (secondary N) is 1. The van der Waals surface area contributed by atoms with Crippen LogP contribution in [-0.4, -0.2) is 16.6 Å². The van der Waals surface area contributed by atoms with Crippen molar-refractivity contribution in [3.05, 3.63) is 41.3 Å². The predicted molar refractivity (Wildman–Crippen MR) is 99.6 cm³/mol. The first kappa shape index (κ1) is 16.0. The van der Waals surface area contributed by atoms with Crippen molar-refractivity contribution in [3.8, 4) is 10.8 Å². The van der Waals surface area contributed by atoms with Crippen molar-refractivity contribution >= 4 is 34.1 Å². The minimum Gasteiger partial charge on any atom is -0.435 e. The number of hydrazone groups is 1. The average Bonchev–Trinajstić information content (AvgIpc) is 3.26. The van der Waals surface area contributed by atoms with Gasteiger partial charge < -0.3 is 4.42 Å². The molecule has 1 amide bonds. The SMILES string of the molecule is CCC[C@H]1C(=O)NN=C(c2ccc3nc(-c4cccs4)oc3c2)[C@@H]1C. The second-order valence-corrected chi connectivity index (χ2v) is 7.28. The van der Waals surface area contributed by atoms with Gasteiger partial charge in [-0.25, -0.2) is 10.4 Å².